The number of esters is 1. The second-order valence-electron chi connectivity index (χ2n) is 6.91. The molecule has 0 saturated carbocycles. The molecular formula is C20H23N3O7S2. The molecule has 2 aromatic rings. The molecule has 0 atom stereocenters. The predicted octanol–water partition coefficient (Wildman–Crippen LogP) is 0.285. The number of carbonyl (C=O) groups excluding carboxylic acids is 2. The fourth-order valence-electron chi connectivity index (χ4n) is 3.13. The molecule has 0 radical (unpaired) electrons. The van der Waals surface area contributed by atoms with Crippen LogP contribution < -0.4 is 4.72 Å². The van der Waals surface area contributed by atoms with Crippen molar-refractivity contribution in [3.8, 4) is 0 Å². The Bertz CT molecular complexity index is 1190. The van der Waals surface area contributed by atoms with Crippen molar-refractivity contribution in [2.75, 3.05) is 39.8 Å². The lowest BCUT2D eigenvalue weighted by atomic mass is 10.2. The SMILES string of the molecule is CNS(=O)(=O)c1cccc(C(=O)OCC(=O)N2CCN(S(=O)(=O)c3ccccc3)CC2)c1. The standard InChI is InChI=1S/C20H23N3O7S2/c1-21-31(26,27)18-9-5-6-16(14-18)20(25)30-15-19(24)22-10-12-23(13-11-22)32(28,29)17-7-3-2-4-8-17/h2-9,14,21H,10-13,15H2,1H3. The molecule has 1 saturated heterocycles. The summed E-state index contributed by atoms with van der Waals surface area (Å²) in [5, 5.41) is 0. The number of piperazine rings is 1. The molecule has 0 aromatic heterocycles. The van der Waals surface area contributed by atoms with E-state index in [9.17, 15) is 26.4 Å². The lowest BCUT2D eigenvalue weighted by Gasteiger charge is -2.33. The summed E-state index contributed by atoms with van der Waals surface area (Å²) in [6.07, 6.45) is 0. The smallest absolute Gasteiger partial charge is 0.338 e. The Kier molecular flexibility index (Phi) is 7.29. The summed E-state index contributed by atoms with van der Waals surface area (Å²) < 4.78 is 57.5. The van der Waals surface area contributed by atoms with Gasteiger partial charge in [-0.1, -0.05) is 24.3 Å². The van der Waals surface area contributed by atoms with Crippen molar-refractivity contribution in [3.63, 3.8) is 0 Å². The fraction of sp³-hybridized carbons (Fsp3) is 0.300. The third kappa shape index (κ3) is 5.33. The summed E-state index contributed by atoms with van der Waals surface area (Å²) >= 11 is 0. The third-order valence-electron chi connectivity index (χ3n) is 4.95. The highest BCUT2D eigenvalue weighted by Crippen LogP contribution is 2.17. The molecule has 0 aliphatic carbocycles. The van der Waals surface area contributed by atoms with Gasteiger partial charge in [-0.05, 0) is 37.4 Å². The lowest BCUT2D eigenvalue weighted by Crippen LogP contribution is -2.51. The molecule has 1 aliphatic rings. The molecule has 1 fully saturated rings. The van der Waals surface area contributed by atoms with Gasteiger partial charge >= 0.3 is 5.97 Å². The molecule has 1 heterocycles. The largest absolute Gasteiger partial charge is 0.452 e. The van der Waals surface area contributed by atoms with Gasteiger partial charge in [0.15, 0.2) is 6.61 Å². The molecule has 0 unspecified atom stereocenters. The number of hydrogen-bond acceptors (Lipinski definition) is 7. The Balaban J connectivity index is 1.55. The van der Waals surface area contributed by atoms with Crippen LogP contribution in [0.5, 0.6) is 0 Å². The first-order valence-electron chi connectivity index (χ1n) is 9.69. The van der Waals surface area contributed by atoms with E-state index in [-0.39, 0.29) is 41.5 Å². The summed E-state index contributed by atoms with van der Waals surface area (Å²) in [5.74, 6) is -1.30. The van der Waals surface area contributed by atoms with E-state index in [1.165, 1.54) is 46.6 Å². The van der Waals surface area contributed by atoms with E-state index in [1.54, 1.807) is 18.2 Å². The van der Waals surface area contributed by atoms with Gasteiger partial charge in [-0.3, -0.25) is 4.79 Å². The highest BCUT2D eigenvalue weighted by molar-refractivity contribution is 7.89. The zero-order chi connectivity index (χ0) is 23.4. The molecule has 1 amide bonds. The normalized spacial score (nSPS) is 15.3. The second kappa shape index (κ2) is 9.77. The minimum Gasteiger partial charge on any atom is -0.452 e. The molecule has 2 aromatic carbocycles. The van der Waals surface area contributed by atoms with Gasteiger partial charge in [-0.2, -0.15) is 4.31 Å². The first kappa shape index (κ1) is 23.9. The highest BCUT2D eigenvalue weighted by atomic mass is 32.2. The molecule has 0 spiro atoms. The molecule has 12 heteroatoms. The number of ether oxygens (including phenoxy) is 1. The molecule has 3 rings (SSSR count). The van der Waals surface area contributed by atoms with E-state index in [0.29, 0.717) is 0 Å². The van der Waals surface area contributed by atoms with Crippen molar-refractivity contribution >= 4 is 31.9 Å². The number of sulfonamides is 2. The summed E-state index contributed by atoms with van der Waals surface area (Å²) in [4.78, 5) is 26.2. The van der Waals surface area contributed by atoms with Crippen LogP contribution in [0, 0.1) is 0 Å². The Hall–Kier alpha value is -2.80. The van der Waals surface area contributed by atoms with Crippen molar-refractivity contribution in [1.82, 2.24) is 13.9 Å². The molecule has 32 heavy (non-hydrogen) atoms. The molecule has 1 aliphatic heterocycles. The van der Waals surface area contributed by atoms with Crippen LogP contribution >= 0.6 is 0 Å². The van der Waals surface area contributed by atoms with Crippen LogP contribution in [-0.4, -0.2) is 77.8 Å². The number of carbonyl (C=O) groups is 2. The number of nitrogens with zero attached hydrogens (tertiary/aromatic N) is 2. The monoisotopic (exact) mass is 481 g/mol. The van der Waals surface area contributed by atoms with E-state index in [0.717, 1.165) is 6.07 Å². The van der Waals surface area contributed by atoms with E-state index in [4.69, 9.17) is 4.74 Å². The van der Waals surface area contributed by atoms with E-state index in [1.807, 2.05) is 0 Å². The molecule has 1 N–H and O–H groups in total. The maximum absolute atomic E-state index is 12.7. The van der Waals surface area contributed by atoms with Crippen molar-refractivity contribution in [3.05, 3.63) is 60.2 Å². The topological polar surface area (TPSA) is 130 Å². The van der Waals surface area contributed by atoms with Crippen molar-refractivity contribution in [2.24, 2.45) is 0 Å². The van der Waals surface area contributed by atoms with Crippen LogP contribution in [0.25, 0.3) is 0 Å². The summed E-state index contributed by atoms with van der Waals surface area (Å²) in [7, 11) is -6.11. The average molecular weight is 482 g/mol. The minimum atomic E-state index is -3.73. The van der Waals surface area contributed by atoms with Gasteiger partial charge in [-0.15, -0.1) is 0 Å². The Morgan fingerprint density at radius 2 is 1.53 bits per heavy atom. The van der Waals surface area contributed by atoms with Gasteiger partial charge in [-0.25, -0.2) is 26.4 Å². The number of nitrogens with one attached hydrogen (secondary N) is 1. The van der Waals surface area contributed by atoms with E-state index >= 15 is 0 Å². The van der Waals surface area contributed by atoms with Gasteiger partial charge in [0.2, 0.25) is 20.0 Å². The Morgan fingerprint density at radius 1 is 0.906 bits per heavy atom. The molecular weight excluding hydrogens is 458 g/mol. The van der Waals surface area contributed by atoms with Crippen LogP contribution in [0.1, 0.15) is 10.4 Å². The maximum atomic E-state index is 12.7. The van der Waals surface area contributed by atoms with E-state index in [2.05, 4.69) is 4.72 Å². The Labute approximate surface area is 186 Å². The molecule has 172 valence electrons. The van der Waals surface area contributed by atoms with Crippen molar-refractivity contribution in [1.29, 1.82) is 0 Å². The van der Waals surface area contributed by atoms with Gasteiger partial charge in [0.1, 0.15) is 0 Å². The number of hydrogen-bond donors (Lipinski definition) is 1. The number of rotatable bonds is 7. The fourth-order valence-corrected chi connectivity index (χ4v) is 5.35. The second-order valence-corrected chi connectivity index (χ2v) is 10.7. The Morgan fingerprint density at radius 3 is 2.16 bits per heavy atom. The zero-order valence-electron chi connectivity index (χ0n) is 17.3. The van der Waals surface area contributed by atoms with Crippen LogP contribution in [0.3, 0.4) is 0 Å². The summed E-state index contributed by atoms with van der Waals surface area (Å²) in [6.45, 7) is 0.0473. The van der Waals surface area contributed by atoms with Crippen LogP contribution in [0.15, 0.2) is 64.4 Å². The first-order valence-corrected chi connectivity index (χ1v) is 12.6. The first-order chi connectivity index (χ1) is 15.1. The number of benzene rings is 2. The number of amides is 1. The van der Waals surface area contributed by atoms with E-state index < -0.39 is 38.5 Å². The zero-order valence-corrected chi connectivity index (χ0v) is 18.9. The van der Waals surface area contributed by atoms with Gasteiger partial charge in [0, 0.05) is 26.2 Å². The summed E-state index contributed by atoms with van der Waals surface area (Å²) in [5.41, 5.74) is -0.00658. The minimum absolute atomic E-state index is 0.00658. The van der Waals surface area contributed by atoms with Crippen LogP contribution in [0.4, 0.5) is 0 Å². The molecule has 10 nitrogen and oxygen atoms in total. The molecule has 0 bridgehead atoms. The van der Waals surface area contributed by atoms with Crippen LogP contribution in [0.2, 0.25) is 0 Å². The van der Waals surface area contributed by atoms with Gasteiger partial charge in [0.05, 0.1) is 15.4 Å². The highest BCUT2D eigenvalue weighted by Gasteiger charge is 2.30. The quantitative estimate of drug-likeness (QED) is 0.562. The van der Waals surface area contributed by atoms with Crippen molar-refractivity contribution < 1.29 is 31.2 Å². The third-order valence-corrected chi connectivity index (χ3v) is 8.27. The van der Waals surface area contributed by atoms with Crippen LogP contribution in [-0.2, 0) is 29.6 Å². The van der Waals surface area contributed by atoms with Gasteiger partial charge in [0.25, 0.3) is 5.91 Å². The average Bonchev–Trinajstić information content (AvgIpc) is 2.83. The lowest BCUT2D eigenvalue weighted by molar-refractivity contribution is -0.135. The maximum Gasteiger partial charge on any atom is 0.338 e. The van der Waals surface area contributed by atoms with Gasteiger partial charge < -0.3 is 9.64 Å². The summed E-state index contributed by atoms with van der Waals surface area (Å²) in [6, 6.07) is 13.3. The predicted molar refractivity (Wildman–Crippen MR) is 115 cm³/mol. The van der Waals surface area contributed by atoms with Crippen molar-refractivity contribution in [2.45, 2.75) is 9.79 Å².